The van der Waals surface area contributed by atoms with Crippen molar-refractivity contribution in [1.82, 2.24) is 16.0 Å². The molecule has 1 heterocycles. The van der Waals surface area contributed by atoms with Crippen LogP contribution in [0.5, 0.6) is 5.75 Å². The number of rotatable bonds is 23. The highest BCUT2D eigenvalue weighted by Crippen LogP contribution is 2.60. The maximum absolute atomic E-state index is 14.4. The highest BCUT2D eigenvalue weighted by Gasteiger charge is 2.90. The lowest BCUT2D eigenvalue weighted by atomic mass is 9.90. The van der Waals surface area contributed by atoms with Crippen LogP contribution in [-0.2, 0) is 30.3 Å². The number of carbonyl (C=O) groups excluding carboxylic acids is 5. The molecule has 0 unspecified atom stereocenters. The molecule has 0 radical (unpaired) electrons. The van der Waals surface area contributed by atoms with Crippen LogP contribution in [0.4, 0.5) is 57.1 Å². The molecule has 29 heteroatoms. The Bertz CT molecular complexity index is 1880. The van der Waals surface area contributed by atoms with Crippen LogP contribution in [0.25, 0.3) is 0 Å². The van der Waals surface area contributed by atoms with E-state index in [1.807, 2.05) is 5.32 Å². The fourth-order valence-corrected chi connectivity index (χ4v) is 6.16. The zero-order chi connectivity index (χ0) is 49.6. The Labute approximate surface area is 353 Å². The normalized spacial score (nSPS) is 17.5. The lowest BCUT2D eigenvalue weighted by molar-refractivity contribution is -0.440. The number of aliphatic hydroxyl groups excluding tert-OH is 2. The summed E-state index contributed by atoms with van der Waals surface area (Å²) < 4.78 is 181. The second-order valence-corrected chi connectivity index (χ2v) is 15.0. The fourth-order valence-electron chi connectivity index (χ4n) is 6.16. The average Bonchev–Trinajstić information content (AvgIpc) is 3.15. The van der Waals surface area contributed by atoms with Gasteiger partial charge in [-0.1, -0.05) is 26.0 Å². The minimum absolute atomic E-state index is 0.0361. The van der Waals surface area contributed by atoms with E-state index in [-0.39, 0.29) is 43.0 Å². The number of phenols is 1. The highest BCUT2D eigenvalue weighted by molar-refractivity contribution is 5.95. The number of halogens is 13. The number of hydrogen-bond donors (Lipinski definition) is 9. The summed E-state index contributed by atoms with van der Waals surface area (Å²) in [6, 6.07) is -1.06. The summed E-state index contributed by atoms with van der Waals surface area (Å²) in [6.07, 6.45) is -20.6. The molecule has 0 aromatic heterocycles. The number of benzene rings is 1. The Kier molecular flexibility index (Phi) is 17.7. The molecule has 1 aliphatic rings. The third kappa shape index (κ3) is 12.5. The molecular weight excluding hydrogens is 909 g/mol. The number of fused-ring (bicyclic) bond motifs is 1. The second-order valence-electron chi connectivity index (χ2n) is 15.0. The molecule has 16 nitrogen and oxygen atoms in total. The number of aliphatic hydroxyl groups is 2. The maximum atomic E-state index is 14.4. The van der Waals surface area contributed by atoms with Gasteiger partial charge in [-0.3, -0.25) is 24.2 Å². The van der Waals surface area contributed by atoms with Gasteiger partial charge in [0.15, 0.2) is 12.1 Å². The fraction of sp³-hybridized carbons (Fsp3) is 0.657. The van der Waals surface area contributed by atoms with Crippen molar-refractivity contribution < 1.29 is 101 Å². The Balaban J connectivity index is 2.33. The maximum Gasteiger partial charge on any atom is 0.460 e. The molecule has 1 aromatic carbocycles. The molecule has 0 saturated carbocycles. The van der Waals surface area contributed by atoms with E-state index < -0.39 is 133 Å². The summed E-state index contributed by atoms with van der Waals surface area (Å²) in [6.45, 7) is 3.18. The van der Waals surface area contributed by atoms with Gasteiger partial charge in [0.1, 0.15) is 29.6 Å². The molecule has 0 bridgehead atoms. The van der Waals surface area contributed by atoms with Gasteiger partial charge in [0, 0.05) is 25.8 Å². The first kappa shape index (κ1) is 54.8. The molecule has 4 amide bonds. The van der Waals surface area contributed by atoms with Gasteiger partial charge in [-0.2, -0.15) is 57.1 Å². The molecular formula is C35H44F13N7O9. The number of amides is 4. The first-order chi connectivity index (χ1) is 29.0. The Morgan fingerprint density at radius 1 is 0.844 bits per heavy atom. The zero-order valence-corrected chi connectivity index (χ0v) is 33.3. The molecule has 2 rings (SSSR count). The molecule has 364 valence electrons. The van der Waals surface area contributed by atoms with E-state index in [1.54, 1.807) is 13.8 Å². The molecule has 0 saturated heterocycles. The SMILES string of the molecule is CC(C)C[C@H](NC(=O)[C@@H](O)[C@@H](O)[C@H](CCCN=C(N)N)NC(=O)[C@@H](CC(N)=O)NC(=O)CCC(F)(F)C(F)(F)C(F)(F)C(F)(F)C(F)(F)C(F)(F)F)[C@@H]1Cc2cccc(O)c2C(=O)O1. The van der Waals surface area contributed by atoms with Crippen LogP contribution in [0.15, 0.2) is 23.2 Å². The number of alkyl halides is 13. The standard InChI is InChI=1S/C35H44F13N7O9/c1-14(2)11-17(20-12-15-5-3-7-19(56)23(15)28(63)64-20)55-27(62)25(60)24(59)16(6-4-10-52-29(50)51)54-26(61)18(13-21(49)57)53-22(58)8-9-30(36,37)31(38,39)32(40,41)33(42,43)34(44,45)35(46,47)48/h3,5,7,14,16-18,20,24-25,56,59-60H,4,6,8-13H2,1-2H3,(H2,49,57)(H,53,58)(H,54,61)(H,55,62)(H4,50,51,52)/t16-,17-,18+,20-,24-,25-/m0/s1. The molecule has 1 aromatic rings. The Morgan fingerprint density at radius 2 is 1.42 bits per heavy atom. The number of phenolic OH excluding ortho intramolecular Hbond substituents is 1. The van der Waals surface area contributed by atoms with Gasteiger partial charge in [0.2, 0.25) is 17.7 Å². The topological polar surface area (TPSA) is 282 Å². The highest BCUT2D eigenvalue weighted by atomic mass is 19.4. The first-order valence-electron chi connectivity index (χ1n) is 18.6. The van der Waals surface area contributed by atoms with Crippen molar-refractivity contribution in [2.24, 2.45) is 28.1 Å². The minimum atomic E-state index is -8.19. The lowest BCUT2D eigenvalue weighted by Gasteiger charge is -2.39. The number of guanidine groups is 1. The van der Waals surface area contributed by atoms with Crippen LogP contribution in [0.2, 0.25) is 0 Å². The summed E-state index contributed by atoms with van der Waals surface area (Å²) in [5.74, 6) is -47.1. The number of nitrogens with two attached hydrogens (primary N) is 3. The predicted octanol–water partition coefficient (Wildman–Crippen LogP) is 2.14. The molecule has 0 fully saturated rings. The van der Waals surface area contributed by atoms with Crippen molar-refractivity contribution in [2.75, 3.05) is 6.54 Å². The molecule has 0 spiro atoms. The van der Waals surface area contributed by atoms with Crippen LogP contribution in [0.1, 0.15) is 68.3 Å². The van der Waals surface area contributed by atoms with E-state index >= 15 is 0 Å². The van der Waals surface area contributed by atoms with E-state index in [0.29, 0.717) is 5.56 Å². The second kappa shape index (κ2) is 20.7. The largest absolute Gasteiger partial charge is 0.507 e. The van der Waals surface area contributed by atoms with Gasteiger partial charge >= 0.3 is 41.8 Å². The number of carbonyl (C=O) groups is 5. The van der Waals surface area contributed by atoms with Crippen molar-refractivity contribution in [3.8, 4) is 5.75 Å². The number of primary amides is 1. The zero-order valence-electron chi connectivity index (χ0n) is 33.3. The third-order valence-corrected chi connectivity index (χ3v) is 9.54. The number of ether oxygens (including phenoxy) is 1. The number of cyclic esters (lactones) is 1. The van der Waals surface area contributed by atoms with Crippen molar-refractivity contribution in [2.45, 2.75) is 131 Å². The molecule has 0 aliphatic carbocycles. The number of esters is 1. The summed E-state index contributed by atoms with van der Waals surface area (Å²) in [5, 5.41) is 38.2. The first-order valence-corrected chi connectivity index (χ1v) is 18.6. The van der Waals surface area contributed by atoms with E-state index in [1.165, 1.54) is 23.5 Å². The van der Waals surface area contributed by atoms with Gasteiger partial charge in [-0.25, -0.2) is 4.79 Å². The van der Waals surface area contributed by atoms with Crippen LogP contribution >= 0.6 is 0 Å². The summed E-state index contributed by atoms with van der Waals surface area (Å²) in [5.41, 5.74) is 15.8. The quantitative estimate of drug-likeness (QED) is 0.0252. The van der Waals surface area contributed by atoms with Crippen molar-refractivity contribution in [1.29, 1.82) is 0 Å². The summed E-state index contributed by atoms with van der Waals surface area (Å²) in [7, 11) is 0. The summed E-state index contributed by atoms with van der Waals surface area (Å²) in [4.78, 5) is 67.4. The Morgan fingerprint density at radius 3 is 1.95 bits per heavy atom. The minimum Gasteiger partial charge on any atom is -0.507 e. The number of nitrogens with one attached hydrogen (secondary N) is 3. The van der Waals surface area contributed by atoms with E-state index in [9.17, 15) is 96.4 Å². The smallest absolute Gasteiger partial charge is 0.460 e. The lowest BCUT2D eigenvalue weighted by Crippen LogP contribution is -2.70. The molecule has 6 atom stereocenters. The van der Waals surface area contributed by atoms with Crippen molar-refractivity contribution in [3.63, 3.8) is 0 Å². The van der Waals surface area contributed by atoms with Crippen LogP contribution in [0, 0.1) is 5.92 Å². The predicted molar refractivity (Wildman–Crippen MR) is 192 cm³/mol. The average molecular weight is 954 g/mol. The summed E-state index contributed by atoms with van der Waals surface area (Å²) >= 11 is 0. The molecule has 1 aliphatic heterocycles. The van der Waals surface area contributed by atoms with Gasteiger partial charge in [-0.15, -0.1) is 0 Å². The van der Waals surface area contributed by atoms with E-state index in [4.69, 9.17) is 21.9 Å². The number of aromatic hydroxyl groups is 1. The molecule has 64 heavy (non-hydrogen) atoms. The third-order valence-electron chi connectivity index (χ3n) is 9.54. The number of hydrogen-bond acceptors (Lipinski definition) is 10. The van der Waals surface area contributed by atoms with Gasteiger partial charge in [0.25, 0.3) is 5.91 Å². The van der Waals surface area contributed by atoms with Crippen LogP contribution in [-0.4, -0.2) is 130 Å². The van der Waals surface area contributed by atoms with Gasteiger partial charge in [-0.05, 0) is 36.8 Å². The van der Waals surface area contributed by atoms with Crippen molar-refractivity contribution in [3.05, 3.63) is 29.3 Å². The Hall–Kier alpha value is -5.35. The van der Waals surface area contributed by atoms with Crippen LogP contribution < -0.4 is 33.2 Å². The molecule has 12 N–H and O–H groups in total. The van der Waals surface area contributed by atoms with E-state index in [2.05, 4.69) is 10.3 Å². The van der Waals surface area contributed by atoms with E-state index in [0.717, 1.165) is 0 Å². The number of aliphatic imine (C=N–C) groups is 1. The number of nitrogens with zero attached hydrogens (tertiary/aromatic N) is 1. The monoisotopic (exact) mass is 953 g/mol. The van der Waals surface area contributed by atoms with Gasteiger partial charge in [0.05, 0.1) is 18.5 Å². The van der Waals surface area contributed by atoms with Gasteiger partial charge < -0.3 is 53.2 Å². The van der Waals surface area contributed by atoms with Crippen molar-refractivity contribution >= 4 is 35.6 Å². The van der Waals surface area contributed by atoms with Crippen LogP contribution in [0.3, 0.4) is 0 Å².